The number of pyridine rings is 1. The second kappa shape index (κ2) is 8.62. The van der Waals surface area contributed by atoms with Crippen LogP contribution in [0.2, 0.25) is 0 Å². The predicted molar refractivity (Wildman–Crippen MR) is 102 cm³/mol. The van der Waals surface area contributed by atoms with E-state index in [1.807, 2.05) is 30.5 Å². The third-order valence-corrected chi connectivity index (χ3v) is 4.69. The zero-order chi connectivity index (χ0) is 18.4. The SMILES string of the molecule is COC(=O)CCc1cnc(Nc2nc(C)cs2)c(OC2=CC=CCC2)c1. The van der Waals surface area contributed by atoms with Crippen molar-refractivity contribution in [1.29, 1.82) is 0 Å². The number of aryl methyl sites for hydroxylation is 2. The second-order valence-electron chi connectivity index (χ2n) is 5.89. The van der Waals surface area contributed by atoms with Gasteiger partial charge in [-0.05, 0) is 37.5 Å². The fourth-order valence-electron chi connectivity index (χ4n) is 2.46. The summed E-state index contributed by atoms with van der Waals surface area (Å²) in [7, 11) is 1.39. The number of esters is 1. The number of anilines is 2. The van der Waals surface area contributed by atoms with E-state index in [1.165, 1.54) is 18.4 Å². The van der Waals surface area contributed by atoms with Crippen molar-refractivity contribution in [2.24, 2.45) is 0 Å². The van der Waals surface area contributed by atoms with Crippen LogP contribution in [0.5, 0.6) is 5.75 Å². The largest absolute Gasteiger partial charge is 0.469 e. The number of ether oxygens (including phenoxy) is 2. The van der Waals surface area contributed by atoms with Gasteiger partial charge in [0.25, 0.3) is 0 Å². The van der Waals surface area contributed by atoms with E-state index in [-0.39, 0.29) is 5.97 Å². The molecular formula is C19H21N3O3S. The summed E-state index contributed by atoms with van der Waals surface area (Å²) >= 11 is 1.52. The van der Waals surface area contributed by atoms with Crippen molar-refractivity contribution >= 4 is 28.3 Å². The highest BCUT2D eigenvalue weighted by Crippen LogP contribution is 2.31. The average molecular weight is 371 g/mol. The summed E-state index contributed by atoms with van der Waals surface area (Å²) in [5.41, 5.74) is 1.87. The number of methoxy groups -OCH3 is 1. The molecule has 0 atom stereocenters. The van der Waals surface area contributed by atoms with Crippen LogP contribution in [0.4, 0.5) is 10.9 Å². The van der Waals surface area contributed by atoms with Gasteiger partial charge in [-0.15, -0.1) is 11.3 Å². The van der Waals surface area contributed by atoms with E-state index in [0.717, 1.165) is 35.0 Å². The van der Waals surface area contributed by atoms with Gasteiger partial charge >= 0.3 is 5.97 Å². The Hall–Kier alpha value is -2.67. The van der Waals surface area contributed by atoms with Gasteiger partial charge in [-0.1, -0.05) is 12.2 Å². The Morgan fingerprint density at radius 2 is 2.31 bits per heavy atom. The fourth-order valence-corrected chi connectivity index (χ4v) is 3.15. The summed E-state index contributed by atoms with van der Waals surface area (Å²) in [5.74, 6) is 1.88. The summed E-state index contributed by atoms with van der Waals surface area (Å²) < 4.78 is 10.8. The van der Waals surface area contributed by atoms with Crippen LogP contribution in [0, 0.1) is 6.92 Å². The molecule has 0 amide bonds. The fraction of sp³-hybridized carbons (Fsp3) is 0.316. The van der Waals surface area contributed by atoms with Gasteiger partial charge in [0.1, 0.15) is 5.76 Å². The molecule has 1 aliphatic carbocycles. The number of nitrogens with one attached hydrogen (secondary N) is 1. The molecule has 0 bridgehead atoms. The maximum atomic E-state index is 11.4. The third-order valence-electron chi connectivity index (χ3n) is 3.82. The molecule has 6 nitrogen and oxygen atoms in total. The van der Waals surface area contributed by atoms with Crippen molar-refractivity contribution < 1.29 is 14.3 Å². The van der Waals surface area contributed by atoms with Crippen molar-refractivity contribution in [3.63, 3.8) is 0 Å². The lowest BCUT2D eigenvalue weighted by Crippen LogP contribution is -2.05. The average Bonchev–Trinajstić information content (AvgIpc) is 3.07. The van der Waals surface area contributed by atoms with E-state index >= 15 is 0 Å². The van der Waals surface area contributed by atoms with Crippen LogP contribution in [-0.2, 0) is 16.0 Å². The number of carbonyl (C=O) groups excluding carboxylic acids is 1. The molecule has 1 N–H and O–H groups in total. The molecule has 0 saturated carbocycles. The Morgan fingerprint density at radius 3 is 3.00 bits per heavy atom. The van der Waals surface area contributed by atoms with Gasteiger partial charge in [0.2, 0.25) is 0 Å². The molecule has 0 unspecified atom stereocenters. The van der Waals surface area contributed by atoms with Crippen molar-refractivity contribution in [2.75, 3.05) is 12.4 Å². The number of hydrogen-bond donors (Lipinski definition) is 1. The maximum Gasteiger partial charge on any atom is 0.305 e. The van der Waals surface area contributed by atoms with E-state index in [1.54, 1.807) is 6.20 Å². The van der Waals surface area contributed by atoms with Gasteiger partial charge in [0, 0.05) is 24.4 Å². The molecule has 0 radical (unpaired) electrons. The lowest BCUT2D eigenvalue weighted by molar-refractivity contribution is -0.140. The van der Waals surface area contributed by atoms with Crippen LogP contribution in [0.1, 0.15) is 30.5 Å². The lowest BCUT2D eigenvalue weighted by atomic mass is 10.1. The Balaban J connectivity index is 1.82. The quantitative estimate of drug-likeness (QED) is 0.731. The Kier molecular flexibility index (Phi) is 6.01. The van der Waals surface area contributed by atoms with Crippen LogP contribution in [0.15, 0.2) is 41.6 Å². The van der Waals surface area contributed by atoms with E-state index in [4.69, 9.17) is 9.47 Å². The molecule has 2 heterocycles. The summed E-state index contributed by atoms with van der Waals surface area (Å²) in [6.07, 6.45) is 10.5. The van der Waals surface area contributed by atoms with E-state index in [2.05, 4.69) is 21.4 Å². The minimum absolute atomic E-state index is 0.243. The zero-order valence-corrected chi connectivity index (χ0v) is 15.6. The van der Waals surface area contributed by atoms with Gasteiger partial charge in [-0.2, -0.15) is 0 Å². The van der Waals surface area contributed by atoms with E-state index in [0.29, 0.717) is 24.4 Å². The summed E-state index contributed by atoms with van der Waals surface area (Å²) in [5, 5.41) is 5.96. The summed E-state index contributed by atoms with van der Waals surface area (Å²) in [4.78, 5) is 20.3. The first kappa shape index (κ1) is 18.1. The molecule has 3 rings (SSSR count). The minimum Gasteiger partial charge on any atom is -0.469 e. The summed E-state index contributed by atoms with van der Waals surface area (Å²) in [6, 6.07) is 1.91. The number of aromatic nitrogens is 2. The number of rotatable bonds is 7. The second-order valence-corrected chi connectivity index (χ2v) is 6.75. The highest BCUT2D eigenvalue weighted by molar-refractivity contribution is 7.13. The molecule has 0 spiro atoms. The van der Waals surface area contributed by atoms with Crippen LogP contribution in [0.25, 0.3) is 0 Å². The maximum absolute atomic E-state index is 11.4. The highest BCUT2D eigenvalue weighted by atomic mass is 32.1. The van der Waals surface area contributed by atoms with Crippen molar-refractivity contribution in [3.05, 3.63) is 52.9 Å². The highest BCUT2D eigenvalue weighted by Gasteiger charge is 2.13. The van der Waals surface area contributed by atoms with Gasteiger partial charge in [0.15, 0.2) is 16.7 Å². The minimum atomic E-state index is -0.243. The molecule has 2 aromatic rings. The van der Waals surface area contributed by atoms with Crippen LogP contribution in [0.3, 0.4) is 0 Å². The van der Waals surface area contributed by atoms with Crippen LogP contribution in [-0.4, -0.2) is 23.0 Å². The number of carbonyl (C=O) groups is 1. The Bertz CT molecular complexity index is 842. The predicted octanol–water partition coefficient (Wildman–Crippen LogP) is 4.31. The molecule has 2 aromatic heterocycles. The van der Waals surface area contributed by atoms with Crippen molar-refractivity contribution in [1.82, 2.24) is 9.97 Å². The van der Waals surface area contributed by atoms with Gasteiger partial charge in [-0.3, -0.25) is 4.79 Å². The first-order valence-corrected chi connectivity index (χ1v) is 9.30. The molecular weight excluding hydrogens is 350 g/mol. The molecule has 0 fully saturated rings. The molecule has 0 aliphatic heterocycles. The zero-order valence-electron chi connectivity index (χ0n) is 14.8. The third kappa shape index (κ3) is 4.92. The van der Waals surface area contributed by atoms with Crippen LogP contribution < -0.4 is 10.1 Å². The van der Waals surface area contributed by atoms with Gasteiger partial charge < -0.3 is 14.8 Å². The van der Waals surface area contributed by atoms with E-state index < -0.39 is 0 Å². The molecule has 1 aliphatic rings. The standard InChI is InChI=1S/C19H21N3O3S/c1-13-12-26-19(21-13)22-18-16(25-15-6-4-3-5-7-15)10-14(11-20-18)8-9-17(23)24-2/h3-4,6,10-12H,5,7-9H2,1-2H3,(H,20,21,22). The number of thiazole rings is 1. The Morgan fingerprint density at radius 1 is 1.42 bits per heavy atom. The van der Waals surface area contributed by atoms with Crippen molar-refractivity contribution in [2.45, 2.75) is 32.6 Å². The first-order valence-electron chi connectivity index (χ1n) is 8.42. The monoisotopic (exact) mass is 371 g/mol. The molecule has 26 heavy (non-hydrogen) atoms. The van der Waals surface area contributed by atoms with E-state index in [9.17, 15) is 4.79 Å². The lowest BCUT2D eigenvalue weighted by Gasteiger charge is -2.15. The molecule has 7 heteroatoms. The number of nitrogens with zero attached hydrogens (tertiary/aromatic N) is 2. The first-order chi connectivity index (χ1) is 12.6. The topological polar surface area (TPSA) is 73.3 Å². The molecule has 0 aromatic carbocycles. The van der Waals surface area contributed by atoms with Crippen LogP contribution >= 0.6 is 11.3 Å². The number of hydrogen-bond acceptors (Lipinski definition) is 7. The van der Waals surface area contributed by atoms with Crippen molar-refractivity contribution in [3.8, 4) is 5.75 Å². The normalized spacial score (nSPS) is 13.2. The number of allylic oxidation sites excluding steroid dienone is 4. The molecule has 0 saturated heterocycles. The van der Waals surface area contributed by atoms with Gasteiger partial charge in [-0.25, -0.2) is 9.97 Å². The smallest absolute Gasteiger partial charge is 0.305 e. The summed E-state index contributed by atoms with van der Waals surface area (Å²) in [6.45, 7) is 1.95. The Labute approximate surface area is 156 Å². The molecule has 136 valence electrons. The van der Waals surface area contributed by atoms with Gasteiger partial charge in [0.05, 0.1) is 12.8 Å².